The number of halogens is 2. The Bertz CT molecular complexity index is 405. The number of benzene rings is 1. The summed E-state index contributed by atoms with van der Waals surface area (Å²) in [4.78, 5) is 11.3. The molecule has 1 aromatic rings. The molecule has 1 unspecified atom stereocenters. The van der Waals surface area contributed by atoms with Gasteiger partial charge in [-0.3, -0.25) is 4.79 Å². The topological polar surface area (TPSA) is 52.3 Å². The van der Waals surface area contributed by atoms with Gasteiger partial charge in [0.15, 0.2) is 11.6 Å². The minimum absolute atomic E-state index is 0.0513. The summed E-state index contributed by atoms with van der Waals surface area (Å²) >= 11 is 0. The monoisotopic (exact) mass is 229 g/mol. The Labute approximate surface area is 92.2 Å². The molecule has 0 aliphatic heterocycles. The number of nitrogens with two attached hydrogens (primary N) is 1. The molecule has 3 nitrogen and oxygen atoms in total. The van der Waals surface area contributed by atoms with Gasteiger partial charge in [-0.2, -0.15) is 0 Å². The highest BCUT2D eigenvalue weighted by Gasteiger charge is 2.31. The molecule has 1 atom stereocenters. The SMILES string of the molecule is COC(=O)C(C)(N)Cc1cccc(F)c1F. The van der Waals surface area contributed by atoms with Crippen LogP contribution in [0.2, 0.25) is 0 Å². The van der Waals surface area contributed by atoms with Crippen LogP contribution >= 0.6 is 0 Å². The first-order chi connectivity index (χ1) is 7.38. The molecule has 0 heterocycles. The Morgan fingerprint density at radius 2 is 2.12 bits per heavy atom. The quantitative estimate of drug-likeness (QED) is 0.797. The van der Waals surface area contributed by atoms with Crippen LogP contribution in [0.5, 0.6) is 0 Å². The summed E-state index contributed by atoms with van der Waals surface area (Å²) in [6.07, 6.45) is -0.122. The van der Waals surface area contributed by atoms with Crippen molar-refractivity contribution < 1.29 is 18.3 Å². The molecule has 16 heavy (non-hydrogen) atoms. The Kier molecular flexibility index (Phi) is 3.59. The maximum absolute atomic E-state index is 13.3. The van der Waals surface area contributed by atoms with Crippen molar-refractivity contribution >= 4 is 5.97 Å². The predicted octanol–water partition coefficient (Wildman–Crippen LogP) is 1.40. The van der Waals surface area contributed by atoms with Crippen LogP contribution in [-0.2, 0) is 16.0 Å². The maximum atomic E-state index is 13.3. The molecule has 0 radical (unpaired) electrons. The second-order valence-corrected chi connectivity index (χ2v) is 3.80. The fourth-order valence-corrected chi connectivity index (χ4v) is 1.39. The highest BCUT2D eigenvalue weighted by atomic mass is 19.2. The first-order valence-electron chi connectivity index (χ1n) is 4.68. The molecule has 0 aliphatic rings. The third-order valence-corrected chi connectivity index (χ3v) is 2.24. The Morgan fingerprint density at radius 3 is 2.69 bits per heavy atom. The van der Waals surface area contributed by atoms with E-state index in [1.54, 1.807) is 0 Å². The number of rotatable bonds is 3. The van der Waals surface area contributed by atoms with Crippen LogP contribution in [0.4, 0.5) is 8.78 Å². The average Bonchev–Trinajstić information content (AvgIpc) is 2.23. The second kappa shape index (κ2) is 4.57. The van der Waals surface area contributed by atoms with Gasteiger partial charge >= 0.3 is 5.97 Å². The minimum atomic E-state index is -1.37. The van der Waals surface area contributed by atoms with Gasteiger partial charge in [-0.05, 0) is 18.6 Å². The molecule has 0 amide bonds. The zero-order chi connectivity index (χ0) is 12.3. The Balaban J connectivity index is 2.96. The summed E-state index contributed by atoms with van der Waals surface area (Å²) in [6.45, 7) is 1.41. The normalized spacial score (nSPS) is 14.3. The Morgan fingerprint density at radius 1 is 1.50 bits per heavy atom. The summed E-state index contributed by atoms with van der Waals surface area (Å²) in [6, 6.07) is 3.75. The molecule has 0 aliphatic carbocycles. The number of esters is 1. The van der Waals surface area contributed by atoms with Gasteiger partial charge in [0.05, 0.1) is 7.11 Å². The van der Waals surface area contributed by atoms with Gasteiger partial charge in [-0.1, -0.05) is 12.1 Å². The van der Waals surface area contributed by atoms with E-state index in [1.165, 1.54) is 26.2 Å². The maximum Gasteiger partial charge on any atom is 0.325 e. The van der Waals surface area contributed by atoms with Crippen LogP contribution in [0.15, 0.2) is 18.2 Å². The van der Waals surface area contributed by atoms with Gasteiger partial charge in [0, 0.05) is 6.42 Å². The van der Waals surface area contributed by atoms with Gasteiger partial charge < -0.3 is 10.5 Å². The molecule has 2 N–H and O–H groups in total. The van der Waals surface area contributed by atoms with Crippen LogP contribution in [-0.4, -0.2) is 18.6 Å². The van der Waals surface area contributed by atoms with Crippen LogP contribution in [0.25, 0.3) is 0 Å². The van der Waals surface area contributed by atoms with Crippen molar-refractivity contribution in [3.05, 3.63) is 35.4 Å². The molecule has 1 rings (SSSR count). The lowest BCUT2D eigenvalue weighted by Gasteiger charge is -2.21. The molecule has 0 bridgehead atoms. The van der Waals surface area contributed by atoms with Gasteiger partial charge in [0.2, 0.25) is 0 Å². The van der Waals surface area contributed by atoms with E-state index in [9.17, 15) is 13.6 Å². The van der Waals surface area contributed by atoms with Crippen LogP contribution in [0, 0.1) is 11.6 Å². The van der Waals surface area contributed by atoms with E-state index in [4.69, 9.17) is 5.73 Å². The summed E-state index contributed by atoms with van der Waals surface area (Å²) in [5, 5.41) is 0. The number of hydrogen-bond donors (Lipinski definition) is 1. The lowest BCUT2D eigenvalue weighted by molar-refractivity contribution is -0.146. The summed E-state index contributed by atoms with van der Waals surface area (Å²) in [5.41, 5.74) is 4.34. The lowest BCUT2D eigenvalue weighted by Crippen LogP contribution is -2.47. The molecule has 5 heteroatoms. The number of hydrogen-bond acceptors (Lipinski definition) is 3. The van der Waals surface area contributed by atoms with Crippen molar-refractivity contribution in [2.24, 2.45) is 5.73 Å². The molecular formula is C11H13F2NO2. The predicted molar refractivity (Wildman–Crippen MR) is 54.7 cm³/mol. The fraction of sp³-hybridized carbons (Fsp3) is 0.364. The van der Waals surface area contributed by atoms with E-state index in [2.05, 4.69) is 4.74 Å². The summed E-state index contributed by atoms with van der Waals surface area (Å²) < 4.78 is 30.7. The number of methoxy groups -OCH3 is 1. The van der Waals surface area contributed by atoms with Crippen molar-refractivity contribution in [3.8, 4) is 0 Å². The number of carbonyl (C=O) groups is 1. The van der Waals surface area contributed by atoms with E-state index in [0.29, 0.717) is 0 Å². The van der Waals surface area contributed by atoms with Crippen LogP contribution in [0.1, 0.15) is 12.5 Å². The van der Waals surface area contributed by atoms with Gasteiger partial charge in [-0.15, -0.1) is 0 Å². The van der Waals surface area contributed by atoms with Crippen molar-refractivity contribution in [3.63, 3.8) is 0 Å². The zero-order valence-electron chi connectivity index (χ0n) is 9.09. The Hall–Kier alpha value is -1.49. The van der Waals surface area contributed by atoms with Gasteiger partial charge in [0.1, 0.15) is 5.54 Å². The summed E-state index contributed by atoms with van der Waals surface area (Å²) in [7, 11) is 1.19. The standard InChI is InChI=1S/C11H13F2NO2/c1-11(14,10(15)16-2)6-7-4-3-5-8(12)9(7)13/h3-5H,6,14H2,1-2H3. The van der Waals surface area contributed by atoms with E-state index < -0.39 is 23.1 Å². The van der Waals surface area contributed by atoms with E-state index >= 15 is 0 Å². The molecule has 0 spiro atoms. The zero-order valence-corrected chi connectivity index (χ0v) is 9.09. The fourth-order valence-electron chi connectivity index (χ4n) is 1.39. The van der Waals surface area contributed by atoms with Gasteiger partial charge in [-0.25, -0.2) is 8.78 Å². The first-order valence-corrected chi connectivity index (χ1v) is 4.68. The first kappa shape index (κ1) is 12.6. The van der Waals surface area contributed by atoms with E-state index in [-0.39, 0.29) is 12.0 Å². The van der Waals surface area contributed by atoms with E-state index in [0.717, 1.165) is 6.07 Å². The smallest absolute Gasteiger partial charge is 0.325 e. The number of carbonyl (C=O) groups excluding carboxylic acids is 1. The lowest BCUT2D eigenvalue weighted by atomic mass is 9.94. The molecule has 1 aromatic carbocycles. The minimum Gasteiger partial charge on any atom is -0.468 e. The van der Waals surface area contributed by atoms with Crippen molar-refractivity contribution in [1.82, 2.24) is 0 Å². The average molecular weight is 229 g/mol. The molecule has 0 fully saturated rings. The summed E-state index contributed by atoms with van der Waals surface area (Å²) in [5.74, 6) is -2.61. The van der Waals surface area contributed by atoms with Crippen LogP contribution < -0.4 is 5.73 Å². The molecule has 0 saturated carbocycles. The second-order valence-electron chi connectivity index (χ2n) is 3.80. The third-order valence-electron chi connectivity index (χ3n) is 2.24. The van der Waals surface area contributed by atoms with Gasteiger partial charge in [0.25, 0.3) is 0 Å². The third kappa shape index (κ3) is 2.55. The molecule has 0 saturated heterocycles. The van der Waals surface area contributed by atoms with Crippen molar-refractivity contribution in [2.45, 2.75) is 18.9 Å². The van der Waals surface area contributed by atoms with Crippen molar-refractivity contribution in [1.29, 1.82) is 0 Å². The highest BCUT2D eigenvalue weighted by Crippen LogP contribution is 2.17. The van der Waals surface area contributed by atoms with E-state index in [1.807, 2.05) is 0 Å². The number of ether oxygens (including phenoxy) is 1. The largest absolute Gasteiger partial charge is 0.468 e. The highest BCUT2D eigenvalue weighted by molar-refractivity contribution is 5.80. The van der Waals surface area contributed by atoms with Crippen LogP contribution in [0.3, 0.4) is 0 Å². The molecule has 88 valence electrons. The van der Waals surface area contributed by atoms with Crippen molar-refractivity contribution in [2.75, 3.05) is 7.11 Å². The molecular weight excluding hydrogens is 216 g/mol. The molecule has 0 aromatic heterocycles.